The maximum atomic E-state index is 13.0. The number of rotatable bonds is 4. The molecule has 3 N–H and O–H groups in total. The molecule has 0 bridgehead atoms. The van der Waals surface area contributed by atoms with Crippen LogP contribution in [0.25, 0.3) is 0 Å². The number of nitrogen functional groups attached to an aromatic ring is 1. The molecular formula is C14H15FN2O2S. The predicted octanol–water partition coefficient (Wildman–Crippen LogP) is 2.19. The van der Waals surface area contributed by atoms with Crippen LogP contribution in [-0.4, -0.2) is 8.42 Å². The van der Waals surface area contributed by atoms with E-state index in [1.807, 2.05) is 0 Å². The number of benzene rings is 2. The van der Waals surface area contributed by atoms with Crippen LogP contribution in [-0.2, 0) is 16.6 Å². The van der Waals surface area contributed by atoms with Gasteiger partial charge in [0.1, 0.15) is 5.82 Å². The fourth-order valence-electron chi connectivity index (χ4n) is 1.69. The van der Waals surface area contributed by atoms with Crippen LogP contribution in [0.4, 0.5) is 10.1 Å². The molecule has 0 radical (unpaired) electrons. The number of hydrogen-bond donors (Lipinski definition) is 2. The monoisotopic (exact) mass is 294 g/mol. The first-order chi connectivity index (χ1) is 9.38. The van der Waals surface area contributed by atoms with Crippen LogP contribution < -0.4 is 10.5 Å². The van der Waals surface area contributed by atoms with Gasteiger partial charge in [-0.3, -0.25) is 0 Å². The van der Waals surface area contributed by atoms with Gasteiger partial charge in [-0.2, -0.15) is 0 Å². The van der Waals surface area contributed by atoms with Crippen molar-refractivity contribution in [3.8, 4) is 0 Å². The maximum absolute atomic E-state index is 13.0. The number of nitrogens with two attached hydrogens (primary N) is 1. The lowest BCUT2D eigenvalue weighted by Crippen LogP contribution is -2.23. The van der Waals surface area contributed by atoms with Crippen LogP contribution in [0.15, 0.2) is 47.4 Å². The number of anilines is 1. The molecule has 0 aliphatic rings. The quantitative estimate of drug-likeness (QED) is 0.849. The van der Waals surface area contributed by atoms with Crippen molar-refractivity contribution in [2.24, 2.45) is 0 Å². The van der Waals surface area contributed by atoms with Crippen LogP contribution in [0.2, 0.25) is 0 Å². The van der Waals surface area contributed by atoms with Crippen LogP contribution in [0.3, 0.4) is 0 Å². The van der Waals surface area contributed by atoms with Gasteiger partial charge in [-0.05, 0) is 42.3 Å². The Kier molecular flexibility index (Phi) is 4.06. The van der Waals surface area contributed by atoms with Crippen LogP contribution in [0.5, 0.6) is 0 Å². The van der Waals surface area contributed by atoms with Crippen molar-refractivity contribution >= 4 is 15.7 Å². The molecule has 0 saturated carbocycles. The first-order valence-corrected chi connectivity index (χ1v) is 7.47. The summed E-state index contributed by atoms with van der Waals surface area (Å²) in [4.78, 5) is 0.0944. The summed E-state index contributed by atoms with van der Waals surface area (Å²) in [5.41, 5.74) is 7.48. The van der Waals surface area contributed by atoms with Gasteiger partial charge < -0.3 is 5.73 Å². The molecule has 0 fully saturated rings. The van der Waals surface area contributed by atoms with E-state index in [0.29, 0.717) is 11.3 Å². The smallest absolute Gasteiger partial charge is 0.240 e. The van der Waals surface area contributed by atoms with E-state index in [1.54, 1.807) is 19.1 Å². The van der Waals surface area contributed by atoms with Gasteiger partial charge in [-0.25, -0.2) is 17.5 Å². The van der Waals surface area contributed by atoms with E-state index in [-0.39, 0.29) is 11.4 Å². The van der Waals surface area contributed by atoms with E-state index >= 15 is 0 Å². The number of aryl methyl sites for hydroxylation is 1. The molecule has 20 heavy (non-hydrogen) atoms. The Morgan fingerprint density at radius 2 is 1.95 bits per heavy atom. The summed E-state index contributed by atoms with van der Waals surface area (Å²) in [6, 6.07) is 10.3. The van der Waals surface area contributed by atoms with Gasteiger partial charge in [-0.1, -0.05) is 18.2 Å². The zero-order valence-corrected chi connectivity index (χ0v) is 11.7. The Labute approximate surface area is 117 Å². The minimum atomic E-state index is -3.66. The van der Waals surface area contributed by atoms with Crippen LogP contribution >= 0.6 is 0 Å². The Morgan fingerprint density at radius 3 is 2.60 bits per heavy atom. The molecule has 106 valence electrons. The van der Waals surface area contributed by atoms with Gasteiger partial charge in [-0.15, -0.1) is 0 Å². The van der Waals surface area contributed by atoms with E-state index < -0.39 is 15.8 Å². The van der Waals surface area contributed by atoms with Gasteiger partial charge in [0, 0.05) is 12.2 Å². The number of nitrogens with one attached hydrogen (secondary N) is 1. The van der Waals surface area contributed by atoms with Gasteiger partial charge >= 0.3 is 0 Å². The Balaban J connectivity index is 2.17. The standard InChI is InChI=1S/C14H15FN2O2S/c1-10-5-6-13(8-14(10)16)20(18,19)17-9-11-3-2-4-12(15)7-11/h2-8,17H,9,16H2,1H3. The van der Waals surface area contributed by atoms with Gasteiger partial charge in [0.05, 0.1) is 4.90 Å². The fourth-order valence-corrected chi connectivity index (χ4v) is 2.75. The summed E-state index contributed by atoms with van der Waals surface area (Å²) < 4.78 is 39.6. The van der Waals surface area contributed by atoms with Crippen LogP contribution in [0, 0.1) is 12.7 Å². The van der Waals surface area contributed by atoms with E-state index in [4.69, 9.17) is 5.73 Å². The molecule has 6 heteroatoms. The molecule has 4 nitrogen and oxygen atoms in total. The van der Waals surface area contributed by atoms with E-state index in [0.717, 1.165) is 5.56 Å². The highest BCUT2D eigenvalue weighted by atomic mass is 32.2. The number of hydrogen-bond acceptors (Lipinski definition) is 3. The van der Waals surface area contributed by atoms with Crippen molar-refractivity contribution in [2.45, 2.75) is 18.4 Å². The third-order valence-electron chi connectivity index (χ3n) is 2.92. The Bertz CT molecular complexity index is 730. The van der Waals surface area contributed by atoms with Crippen molar-refractivity contribution in [1.82, 2.24) is 4.72 Å². The van der Waals surface area contributed by atoms with Crippen molar-refractivity contribution in [3.05, 3.63) is 59.4 Å². The molecule has 0 aliphatic carbocycles. The summed E-state index contributed by atoms with van der Waals surface area (Å²) in [6.07, 6.45) is 0. The summed E-state index contributed by atoms with van der Waals surface area (Å²) in [7, 11) is -3.66. The molecule has 2 aromatic rings. The molecule has 0 heterocycles. The van der Waals surface area contributed by atoms with E-state index in [9.17, 15) is 12.8 Å². The second-order valence-corrected chi connectivity index (χ2v) is 6.24. The fraction of sp³-hybridized carbons (Fsp3) is 0.143. The molecule has 0 aliphatic heterocycles. The summed E-state index contributed by atoms with van der Waals surface area (Å²) in [5.74, 6) is -0.402. The molecule has 0 amide bonds. The molecule has 0 unspecified atom stereocenters. The highest BCUT2D eigenvalue weighted by Crippen LogP contribution is 2.17. The minimum Gasteiger partial charge on any atom is -0.398 e. The zero-order chi connectivity index (χ0) is 14.8. The normalized spacial score (nSPS) is 11.5. The zero-order valence-electron chi connectivity index (χ0n) is 10.9. The van der Waals surface area contributed by atoms with E-state index in [2.05, 4.69) is 4.72 Å². The molecule has 0 saturated heterocycles. The average molecular weight is 294 g/mol. The molecule has 0 aromatic heterocycles. The molecule has 0 spiro atoms. The third kappa shape index (κ3) is 3.34. The second kappa shape index (κ2) is 5.60. The van der Waals surface area contributed by atoms with Gasteiger partial charge in [0.2, 0.25) is 10.0 Å². The molecule has 0 atom stereocenters. The predicted molar refractivity (Wildman–Crippen MR) is 76.0 cm³/mol. The molecule has 2 rings (SSSR count). The largest absolute Gasteiger partial charge is 0.398 e. The third-order valence-corrected chi connectivity index (χ3v) is 4.32. The lowest BCUT2D eigenvalue weighted by Gasteiger charge is -2.08. The lowest BCUT2D eigenvalue weighted by atomic mass is 10.2. The SMILES string of the molecule is Cc1ccc(S(=O)(=O)NCc2cccc(F)c2)cc1N. The van der Waals surface area contributed by atoms with Crippen molar-refractivity contribution in [2.75, 3.05) is 5.73 Å². The summed E-state index contributed by atoms with van der Waals surface area (Å²) in [5, 5.41) is 0. The Morgan fingerprint density at radius 1 is 1.20 bits per heavy atom. The van der Waals surface area contributed by atoms with Crippen molar-refractivity contribution < 1.29 is 12.8 Å². The molecular weight excluding hydrogens is 279 g/mol. The molecule has 2 aromatic carbocycles. The van der Waals surface area contributed by atoms with Crippen molar-refractivity contribution in [1.29, 1.82) is 0 Å². The number of halogens is 1. The van der Waals surface area contributed by atoms with Crippen LogP contribution in [0.1, 0.15) is 11.1 Å². The lowest BCUT2D eigenvalue weighted by molar-refractivity contribution is 0.580. The first-order valence-electron chi connectivity index (χ1n) is 5.99. The van der Waals surface area contributed by atoms with Crippen molar-refractivity contribution in [3.63, 3.8) is 0 Å². The average Bonchev–Trinajstić information content (AvgIpc) is 2.40. The topological polar surface area (TPSA) is 72.2 Å². The summed E-state index contributed by atoms with van der Waals surface area (Å²) >= 11 is 0. The minimum absolute atomic E-state index is 0.0217. The van der Waals surface area contributed by atoms with E-state index in [1.165, 1.54) is 30.3 Å². The second-order valence-electron chi connectivity index (χ2n) is 4.47. The highest BCUT2D eigenvalue weighted by Gasteiger charge is 2.14. The van der Waals surface area contributed by atoms with Gasteiger partial charge in [0.15, 0.2) is 0 Å². The Hall–Kier alpha value is -1.92. The first kappa shape index (κ1) is 14.5. The summed E-state index contributed by atoms with van der Waals surface area (Å²) in [6.45, 7) is 1.82. The van der Waals surface area contributed by atoms with Gasteiger partial charge in [0.25, 0.3) is 0 Å². The maximum Gasteiger partial charge on any atom is 0.240 e. The highest BCUT2D eigenvalue weighted by molar-refractivity contribution is 7.89. The number of sulfonamides is 1.